The summed E-state index contributed by atoms with van der Waals surface area (Å²) in [5.41, 5.74) is 4.70. The van der Waals surface area contributed by atoms with E-state index in [9.17, 15) is 4.39 Å². The zero-order chi connectivity index (χ0) is 7.78. The van der Waals surface area contributed by atoms with Crippen LogP contribution in [0.1, 0.15) is 33.1 Å². The summed E-state index contributed by atoms with van der Waals surface area (Å²) in [4.78, 5) is 0. The van der Waals surface area contributed by atoms with Gasteiger partial charge in [-0.15, -0.1) is 0 Å². The van der Waals surface area contributed by atoms with E-state index in [0.29, 0.717) is 6.42 Å². The maximum absolute atomic E-state index is 13.4. The summed E-state index contributed by atoms with van der Waals surface area (Å²) in [6.07, 6.45) is 2.61. The fourth-order valence-corrected chi connectivity index (χ4v) is 1.61. The molecule has 10 heavy (non-hydrogen) atoms. The molecule has 3 atom stereocenters. The molecule has 0 amide bonds. The molecule has 1 aliphatic carbocycles. The Bertz CT molecular complexity index is 122. The number of halogens is 1. The Kier molecular flexibility index (Phi) is 1.99. The lowest BCUT2D eigenvalue weighted by atomic mass is 9.76. The van der Waals surface area contributed by atoms with Gasteiger partial charge >= 0.3 is 0 Å². The van der Waals surface area contributed by atoms with E-state index in [1.54, 1.807) is 6.92 Å². The number of alkyl halides is 1. The molecular weight excluding hydrogens is 129 g/mol. The maximum atomic E-state index is 13.4. The number of rotatable bonds is 0. The normalized spacial score (nSPS) is 49.2. The van der Waals surface area contributed by atoms with Crippen molar-refractivity contribution in [1.29, 1.82) is 0 Å². The summed E-state index contributed by atoms with van der Waals surface area (Å²) < 4.78 is 13.4. The smallest absolute Gasteiger partial charge is 0.112 e. The minimum atomic E-state index is -1.02. The van der Waals surface area contributed by atoms with Crippen molar-refractivity contribution in [2.45, 2.75) is 44.8 Å². The highest BCUT2D eigenvalue weighted by molar-refractivity contribution is 4.90. The molecule has 1 unspecified atom stereocenters. The van der Waals surface area contributed by atoms with Gasteiger partial charge in [-0.3, -0.25) is 0 Å². The molecule has 0 spiro atoms. The van der Waals surface area contributed by atoms with Gasteiger partial charge in [0.05, 0.1) is 0 Å². The van der Waals surface area contributed by atoms with Gasteiger partial charge in [-0.2, -0.15) is 0 Å². The summed E-state index contributed by atoms with van der Waals surface area (Å²) in [5, 5.41) is 0. The van der Waals surface area contributed by atoms with Crippen molar-refractivity contribution in [3.05, 3.63) is 0 Å². The van der Waals surface area contributed by atoms with E-state index >= 15 is 0 Å². The van der Waals surface area contributed by atoms with Crippen LogP contribution in [0.2, 0.25) is 0 Å². The van der Waals surface area contributed by atoms with Crippen molar-refractivity contribution in [2.75, 3.05) is 0 Å². The summed E-state index contributed by atoms with van der Waals surface area (Å²) in [6.45, 7) is 3.57. The Hall–Kier alpha value is -0.110. The molecule has 0 radical (unpaired) electrons. The van der Waals surface area contributed by atoms with Crippen LogP contribution in [0.15, 0.2) is 0 Å². The summed E-state index contributed by atoms with van der Waals surface area (Å²) >= 11 is 0. The summed E-state index contributed by atoms with van der Waals surface area (Å²) in [7, 11) is 0. The molecule has 0 aromatic heterocycles. The lowest BCUT2D eigenvalue weighted by Crippen LogP contribution is -2.44. The molecular formula is C8H16FN. The van der Waals surface area contributed by atoms with Crippen LogP contribution in [-0.2, 0) is 0 Å². The molecule has 0 bridgehead atoms. The molecule has 1 fully saturated rings. The van der Waals surface area contributed by atoms with E-state index in [0.717, 1.165) is 12.8 Å². The van der Waals surface area contributed by atoms with Gasteiger partial charge in [0.1, 0.15) is 5.67 Å². The molecule has 0 heterocycles. The quantitative estimate of drug-likeness (QED) is 0.553. The first-order valence-corrected chi connectivity index (χ1v) is 3.98. The van der Waals surface area contributed by atoms with Gasteiger partial charge in [-0.25, -0.2) is 4.39 Å². The molecule has 1 aliphatic rings. The van der Waals surface area contributed by atoms with Crippen LogP contribution < -0.4 is 5.73 Å². The molecule has 1 nitrogen and oxygen atoms in total. The van der Waals surface area contributed by atoms with Crippen molar-refractivity contribution >= 4 is 0 Å². The van der Waals surface area contributed by atoms with Crippen molar-refractivity contribution in [3.63, 3.8) is 0 Å². The number of hydrogen-bond donors (Lipinski definition) is 1. The summed E-state index contributed by atoms with van der Waals surface area (Å²) in [6, 6.07) is 0.0729. The van der Waals surface area contributed by atoms with Gasteiger partial charge < -0.3 is 5.73 Å². The third-order valence-electron chi connectivity index (χ3n) is 2.79. The van der Waals surface area contributed by atoms with Crippen LogP contribution in [0, 0.1) is 5.92 Å². The third kappa shape index (κ3) is 1.31. The second-order valence-corrected chi connectivity index (χ2v) is 3.62. The van der Waals surface area contributed by atoms with Crippen LogP contribution >= 0.6 is 0 Å². The Labute approximate surface area is 61.8 Å². The van der Waals surface area contributed by atoms with Crippen LogP contribution in [0.5, 0.6) is 0 Å². The highest BCUT2D eigenvalue weighted by Crippen LogP contribution is 2.35. The van der Waals surface area contributed by atoms with Gasteiger partial charge in [0.15, 0.2) is 0 Å². The van der Waals surface area contributed by atoms with Crippen molar-refractivity contribution in [3.8, 4) is 0 Å². The average molecular weight is 145 g/mol. The highest BCUT2D eigenvalue weighted by atomic mass is 19.1. The number of hydrogen-bond acceptors (Lipinski definition) is 1. The van der Waals surface area contributed by atoms with Crippen molar-refractivity contribution < 1.29 is 4.39 Å². The molecule has 1 rings (SSSR count). The van der Waals surface area contributed by atoms with E-state index in [1.165, 1.54) is 0 Å². The van der Waals surface area contributed by atoms with E-state index < -0.39 is 5.67 Å². The fraction of sp³-hybridized carbons (Fsp3) is 1.00. The lowest BCUT2D eigenvalue weighted by molar-refractivity contribution is 0.0538. The van der Waals surface area contributed by atoms with Gasteiger partial charge in [-0.1, -0.05) is 6.92 Å². The number of nitrogens with two attached hydrogens (primary N) is 1. The zero-order valence-electron chi connectivity index (χ0n) is 6.73. The Balaban J connectivity index is 2.60. The SMILES string of the molecule is C[C@@H]1[C@H](N)CCCC1(C)F. The average Bonchev–Trinajstić information content (AvgIpc) is 1.83. The second-order valence-electron chi connectivity index (χ2n) is 3.62. The first kappa shape index (κ1) is 7.99. The van der Waals surface area contributed by atoms with Gasteiger partial charge in [0, 0.05) is 12.0 Å². The predicted octanol–water partition coefficient (Wildman–Crippen LogP) is 1.86. The van der Waals surface area contributed by atoms with Gasteiger partial charge in [-0.05, 0) is 26.2 Å². The summed E-state index contributed by atoms with van der Waals surface area (Å²) in [5.74, 6) is 0.0289. The largest absolute Gasteiger partial charge is 0.327 e. The van der Waals surface area contributed by atoms with Crippen LogP contribution in [0.4, 0.5) is 4.39 Å². The zero-order valence-corrected chi connectivity index (χ0v) is 6.73. The van der Waals surface area contributed by atoms with E-state index in [2.05, 4.69) is 0 Å². The van der Waals surface area contributed by atoms with Crippen molar-refractivity contribution in [1.82, 2.24) is 0 Å². The molecule has 60 valence electrons. The molecule has 2 N–H and O–H groups in total. The Morgan fingerprint density at radius 2 is 2.20 bits per heavy atom. The molecule has 0 saturated heterocycles. The van der Waals surface area contributed by atoms with E-state index in [4.69, 9.17) is 5.73 Å². The van der Waals surface area contributed by atoms with Gasteiger partial charge in [0.2, 0.25) is 0 Å². The molecule has 2 heteroatoms. The molecule has 0 aromatic carbocycles. The van der Waals surface area contributed by atoms with Crippen molar-refractivity contribution in [2.24, 2.45) is 11.7 Å². The highest BCUT2D eigenvalue weighted by Gasteiger charge is 2.37. The van der Waals surface area contributed by atoms with Crippen LogP contribution in [0.3, 0.4) is 0 Å². The van der Waals surface area contributed by atoms with Crippen LogP contribution in [-0.4, -0.2) is 11.7 Å². The van der Waals surface area contributed by atoms with Crippen LogP contribution in [0.25, 0.3) is 0 Å². The predicted molar refractivity (Wildman–Crippen MR) is 40.5 cm³/mol. The minimum absolute atomic E-state index is 0.0289. The first-order chi connectivity index (χ1) is 4.54. The minimum Gasteiger partial charge on any atom is -0.327 e. The molecule has 1 saturated carbocycles. The van der Waals surface area contributed by atoms with E-state index in [1.807, 2.05) is 6.92 Å². The first-order valence-electron chi connectivity index (χ1n) is 3.98. The fourth-order valence-electron chi connectivity index (χ4n) is 1.61. The van der Waals surface area contributed by atoms with E-state index in [-0.39, 0.29) is 12.0 Å². The second kappa shape index (κ2) is 2.50. The maximum Gasteiger partial charge on any atom is 0.112 e. The third-order valence-corrected chi connectivity index (χ3v) is 2.79. The topological polar surface area (TPSA) is 26.0 Å². The Morgan fingerprint density at radius 1 is 1.60 bits per heavy atom. The van der Waals surface area contributed by atoms with Gasteiger partial charge in [0.25, 0.3) is 0 Å². The molecule has 0 aromatic rings. The monoisotopic (exact) mass is 145 g/mol. The standard InChI is InChI=1S/C8H16FN/c1-6-7(10)4-3-5-8(6,2)9/h6-7H,3-5,10H2,1-2H3/t6-,7-,8?/m1/s1. The molecule has 0 aliphatic heterocycles. The lowest BCUT2D eigenvalue weighted by Gasteiger charge is -2.36. The Morgan fingerprint density at radius 3 is 2.60 bits per heavy atom.